The van der Waals surface area contributed by atoms with E-state index in [1.165, 1.54) is 4.31 Å². The number of hydrogen-bond acceptors (Lipinski definition) is 2. The van der Waals surface area contributed by atoms with Crippen molar-refractivity contribution >= 4 is 11.9 Å². The average molecular weight is 329 g/mol. The lowest BCUT2D eigenvalue weighted by Gasteiger charge is -2.16. The zero-order valence-corrected chi connectivity index (χ0v) is 13.2. The molecule has 0 aliphatic carbocycles. The van der Waals surface area contributed by atoms with E-state index in [1.54, 1.807) is 38.4 Å². The number of aryl methyl sites for hydroxylation is 1. The summed E-state index contributed by atoms with van der Waals surface area (Å²) < 4.78 is 56.8. The topological polar surface area (TPSA) is 3.24 Å². The van der Waals surface area contributed by atoms with Crippen LogP contribution < -0.4 is 0 Å². The molecule has 0 amide bonds. The first-order valence-corrected chi connectivity index (χ1v) is 7.44. The van der Waals surface area contributed by atoms with Gasteiger partial charge < -0.3 is 0 Å². The van der Waals surface area contributed by atoms with Gasteiger partial charge in [0.2, 0.25) is 0 Å². The van der Waals surface area contributed by atoms with Crippen molar-refractivity contribution in [2.24, 2.45) is 0 Å². The molecule has 0 saturated heterocycles. The average Bonchev–Trinajstić information content (AvgIpc) is 2.51. The highest BCUT2D eigenvalue weighted by molar-refractivity contribution is 7.97. The minimum absolute atomic E-state index is 0.266. The van der Waals surface area contributed by atoms with Gasteiger partial charge in [0, 0.05) is 5.56 Å². The summed E-state index contributed by atoms with van der Waals surface area (Å²) >= 11 is 0.805. The van der Waals surface area contributed by atoms with Gasteiger partial charge in [-0.05, 0) is 43.6 Å². The van der Waals surface area contributed by atoms with E-state index in [2.05, 4.69) is 0 Å². The first-order valence-electron chi connectivity index (χ1n) is 6.67. The highest BCUT2D eigenvalue weighted by atomic mass is 32.2. The van der Waals surface area contributed by atoms with Crippen LogP contribution in [0, 0.1) is 23.3 Å². The van der Waals surface area contributed by atoms with E-state index in [0.29, 0.717) is 5.56 Å². The minimum atomic E-state index is -1.80. The molecule has 2 aromatic carbocycles. The van der Waals surface area contributed by atoms with Crippen LogP contribution in [0.5, 0.6) is 0 Å². The molecule has 2 aromatic rings. The van der Waals surface area contributed by atoms with Gasteiger partial charge in [0.1, 0.15) is 0 Å². The number of benzene rings is 2. The lowest BCUT2D eigenvalue weighted by Crippen LogP contribution is -2.07. The summed E-state index contributed by atoms with van der Waals surface area (Å²) in [5.41, 5.74) is 1.05. The number of halogens is 4. The van der Waals surface area contributed by atoms with Crippen LogP contribution in [-0.2, 0) is 6.42 Å². The van der Waals surface area contributed by atoms with Gasteiger partial charge in [0.25, 0.3) is 0 Å². The smallest absolute Gasteiger partial charge is 0.198 e. The van der Waals surface area contributed by atoms with E-state index in [4.69, 9.17) is 0 Å². The third kappa shape index (κ3) is 3.13. The first kappa shape index (κ1) is 16.8. The Bertz CT molecular complexity index is 684. The van der Waals surface area contributed by atoms with Crippen LogP contribution in [0.15, 0.2) is 29.2 Å². The summed E-state index contributed by atoms with van der Waals surface area (Å²) in [5.74, 6) is -6.36. The largest absolute Gasteiger partial charge is 0.252 e. The van der Waals surface area contributed by atoms with Crippen molar-refractivity contribution in [3.8, 4) is 11.1 Å². The molecule has 0 N–H and O–H groups in total. The molecular formula is C16H15F4NS. The predicted octanol–water partition coefficient (Wildman–Crippen LogP) is 5.04. The van der Waals surface area contributed by atoms with Crippen LogP contribution in [0.25, 0.3) is 11.1 Å². The Morgan fingerprint density at radius 2 is 1.41 bits per heavy atom. The van der Waals surface area contributed by atoms with Crippen LogP contribution in [-0.4, -0.2) is 18.4 Å². The number of hydrogen-bond donors (Lipinski definition) is 0. The summed E-state index contributed by atoms with van der Waals surface area (Å²) in [7, 11) is 3.21. The Kier molecular flexibility index (Phi) is 5.13. The summed E-state index contributed by atoms with van der Waals surface area (Å²) in [5, 5.41) is 0. The summed E-state index contributed by atoms with van der Waals surface area (Å²) in [6.07, 6.45) is 0.786. The maximum absolute atomic E-state index is 14.2. The molecular weight excluding hydrogens is 314 g/mol. The molecule has 0 aromatic heterocycles. The number of nitrogens with zero attached hydrogens (tertiary/aromatic N) is 1. The fraction of sp³-hybridized carbons (Fsp3) is 0.250. The second kappa shape index (κ2) is 6.71. The fourth-order valence-electron chi connectivity index (χ4n) is 2.04. The van der Waals surface area contributed by atoms with Crippen molar-refractivity contribution in [1.82, 2.24) is 4.31 Å². The third-order valence-electron chi connectivity index (χ3n) is 3.15. The maximum atomic E-state index is 14.2. The molecule has 1 nitrogen and oxygen atoms in total. The van der Waals surface area contributed by atoms with E-state index in [9.17, 15) is 17.6 Å². The molecule has 6 heteroatoms. The maximum Gasteiger partial charge on any atom is 0.198 e. The van der Waals surface area contributed by atoms with Crippen molar-refractivity contribution in [3.63, 3.8) is 0 Å². The van der Waals surface area contributed by atoms with Crippen LogP contribution in [0.4, 0.5) is 17.6 Å². The summed E-state index contributed by atoms with van der Waals surface area (Å²) in [6, 6.07) is 6.65. The molecule has 0 heterocycles. The van der Waals surface area contributed by atoms with Crippen LogP contribution in [0.1, 0.15) is 12.5 Å². The standard InChI is InChI=1S/C16H15F4NS/c1-4-9-5-7-10(8-6-9)11-12(17)13(18)14(19)15(20)16(11)22-21(2)3/h5-8H,4H2,1-3H3. The van der Waals surface area contributed by atoms with E-state index in [0.717, 1.165) is 23.9 Å². The quantitative estimate of drug-likeness (QED) is 0.334. The Morgan fingerprint density at radius 1 is 0.864 bits per heavy atom. The SMILES string of the molecule is CCc1ccc(-c2c(F)c(F)c(F)c(F)c2SN(C)C)cc1. The van der Waals surface area contributed by atoms with Gasteiger partial charge in [-0.15, -0.1) is 0 Å². The highest BCUT2D eigenvalue weighted by Gasteiger charge is 2.27. The molecule has 0 spiro atoms. The second-order valence-electron chi connectivity index (χ2n) is 4.91. The van der Waals surface area contributed by atoms with Crippen molar-refractivity contribution < 1.29 is 17.6 Å². The highest BCUT2D eigenvalue weighted by Crippen LogP contribution is 2.39. The molecule has 118 valence electrons. The van der Waals surface area contributed by atoms with Crippen molar-refractivity contribution in [2.75, 3.05) is 14.1 Å². The Labute approximate surface area is 131 Å². The normalized spacial score (nSPS) is 11.3. The number of rotatable bonds is 4. The monoisotopic (exact) mass is 329 g/mol. The molecule has 0 aliphatic heterocycles. The molecule has 22 heavy (non-hydrogen) atoms. The van der Waals surface area contributed by atoms with Gasteiger partial charge in [-0.3, -0.25) is 4.31 Å². The Morgan fingerprint density at radius 3 is 1.91 bits per heavy atom. The van der Waals surface area contributed by atoms with Gasteiger partial charge in [-0.2, -0.15) is 0 Å². The first-order chi connectivity index (χ1) is 10.4. The molecule has 0 bridgehead atoms. The van der Waals surface area contributed by atoms with Gasteiger partial charge in [0.05, 0.1) is 4.90 Å². The second-order valence-corrected chi connectivity index (χ2v) is 6.24. The summed E-state index contributed by atoms with van der Waals surface area (Å²) in [6.45, 7) is 1.96. The molecule has 0 fully saturated rings. The fourth-order valence-corrected chi connectivity index (χ4v) is 2.88. The van der Waals surface area contributed by atoms with Gasteiger partial charge >= 0.3 is 0 Å². The molecule has 0 saturated carbocycles. The van der Waals surface area contributed by atoms with E-state index < -0.39 is 23.3 Å². The van der Waals surface area contributed by atoms with Gasteiger partial charge in [-0.25, -0.2) is 17.6 Å². The lowest BCUT2D eigenvalue weighted by molar-refractivity contribution is 0.400. The summed E-state index contributed by atoms with van der Waals surface area (Å²) in [4.78, 5) is -0.273. The zero-order chi connectivity index (χ0) is 16.4. The molecule has 0 radical (unpaired) electrons. The van der Waals surface area contributed by atoms with Gasteiger partial charge in [-0.1, -0.05) is 31.2 Å². The van der Waals surface area contributed by atoms with Crippen LogP contribution in [0.2, 0.25) is 0 Å². The van der Waals surface area contributed by atoms with Gasteiger partial charge in [0.15, 0.2) is 23.3 Å². The molecule has 0 aliphatic rings. The Balaban J connectivity index is 2.70. The van der Waals surface area contributed by atoms with Crippen molar-refractivity contribution in [2.45, 2.75) is 18.2 Å². The predicted molar refractivity (Wildman–Crippen MR) is 80.6 cm³/mol. The lowest BCUT2D eigenvalue weighted by atomic mass is 10.0. The third-order valence-corrected chi connectivity index (χ3v) is 4.08. The van der Waals surface area contributed by atoms with Crippen LogP contribution in [0.3, 0.4) is 0 Å². The molecule has 0 unspecified atom stereocenters. The molecule has 0 atom stereocenters. The van der Waals surface area contributed by atoms with Crippen molar-refractivity contribution in [3.05, 3.63) is 53.1 Å². The Hall–Kier alpha value is -1.53. The molecule has 2 rings (SSSR count). The van der Waals surface area contributed by atoms with E-state index in [1.807, 2.05) is 6.92 Å². The van der Waals surface area contributed by atoms with E-state index >= 15 is 0 Å². The van der Waals surface area contributed by atoms with Crippen molar-refractivity contribution in [1.29, 1.82) is 0 Å². The minimum Gasteiger partial charge on any atom is -0.252 e. The zero-order valence-electron chi connectivity index (χ0n) is 12.4. The van der Waals surface area contributed by atoms with E-state index in [-0.39, 0.29) is 10.5 Å². The van der Waals surface area contributed by atoms with Crippen LogP contribution >= 0.6 is 11.9 Å².